The van der Waals surface area contributed by atoms with E-state index in [-0.39, 0.29) is 4.90 Å². The topological polar surface area (TPSA) is 62.3 Å². The summed E-state index contributed by atoms with van der Waals surface area (Å²) in [5.74, 6) is 0.662. The number of anilines is 2. The molecule has 0 amide bonds. The molecule has 0 saturated carbocycles. The summed E-state index contributed by atoms with van der Waals surface area (Å²) in [6.07, 6.45) is 1.38. The van der Waals surface area contributed by atoms with Crippen molar-refractivity contribution in [2.45, 2.75) is 18.7 Å². The molecule has 2 rings (SSSR count). The van der Waals surface area contributed by atoms with Gasteiger partial charge in [0.2, 0.25) is 0 Å². The van der Waals surface area contributed by atoms with Gasteiger partial charge in [0.25, 0.3) is 10.0 Å². The number of hydrogen-bond acceptors (Lipinski definition) is 4. The third-order valence-corrected chi connectivity index (χ3v) is 4.96. The van der Waals surface area contributed by atoms with Crippen LogP contribution >= 0.6 is 0 Å². The number of aryl methyl sites for hydroxylation is 1. The molecular formula is C15H19N3O2S. The largest absolute Gasteiger partial charge is 0.370 e. The molecule has 112 valence electrons. The minimum absolute atomic E-state index is 0.176. The Morgan fingerprint density at radius 1 is 1.19 bits per heavy atom. The van der Waals surface area contributed by atoms with Crippen LogP contribution < -0.4 is 9.62 Å². The molecule has 0 fully saturated rings. The number of rotatable bonds is 5. The van der Waals surface area contributed by atoms with Gasteiger partial charge in [0.05, 0.1) is 5.69 Å². The number of benzene rings is 1. The predicted molar refractivity (Wildman–Crippen MR) is 85.2 cm³/mol. The minimum Gasteiger partial charge on any atom is -0.370 e. The van der Waals surface area contributed by atoms with Crippen molar-refractivity contribution in [1.29, 1.82) is 0 Å². The molecule has 0 aliphatic rings. The minimum atomic E-state index is -3.60. The number of nitrogens with one attached hydrogen (secondary N) is 1. The first-order valence-electron chi connectivity index (χ1n) is 6.71. The molecule has 0 atom stereocenters. The zero-order valence-corrected chi connectivity index (χ0v) is 13.2. The van der Waals surface area contributed by atoms with Gasteiger partial charge in [-0.25, -0.2) is 13.4 Å². The number of para-hydroxylation sites is 1. The van der Waals surface area contributed by atoms with Crippen LogP contribution in [-0.4, -0.2) is 27.0 Å². The Labute approximate surface area is 125 Å². The maximum Gasteiger partial charge on any atom is 0.265 e. The molecule has 0 spiro atoms. The van der Waals surface area contributed by atoms with E-state index >= 15 is 0 Å². The molecule has 1 N–H and O–H groups in total. The van der Waals surface area contributed by atoms with Gasteiger partial charge in [0.1, 0.15) is 10.7 Å². The van der Waals surface area contributed by atoms with Gasteiger partial charge in [0, 0.05) is 19.8 Å². The SMILES string of the molecule is CCNc1ccc(S(=O)(=O)N(C)c2ccccc2C)cn1. The molecule has 0 unspecified atom stereocenters. The molecule has 0 aliphatic heterocycles. The van der Waals surface area contributed by atoms with E-state index in [4.69, 9.17) is 0 Å². The Morgan fingerprint density at radius 2 is 1.90 bits per heavy atom. The van der Waals surface area contributed by atoms with E-state index in [1.54, 1.807) is 25.2 Å². The average Bonchev–Trinajstić information content (AvgIpc) is 2.48. The number of hydrogen-bond donors (Lipinski definition) is 1. The quantitative estimate of drug-likeness (QED) is 0.922. The van der Waals surface area contributed by atoms with Crippen molar-refractivity contribution in [3.8, 4) is 0 Å². The van der Waals surface area contributed by atoms with E-state index in [1.165, 1.54) is 10.5 Å². The predicted octanol–water partition coefficient (Wildman–Crippen LogP) is 2.65. The van der Waals surface area contributed by atoms with Crippen LogP contribution in [0.2, 0.25) is 0 Å². The fourth-order valence-electron chi connectivity index (χ4n) is 2.02. The molecular weight excluding hydrogens is 286 g/mol. The Morgan fingerprint density at radius 3 is 2.48 bits per heavy atom. The molecule has 0 radical (unpaired) electrons. The highest BCUT2D eigenvalue weighted by Gasteiger charge is 2.22. The Kier molecular flexibility index (Phi) is 4.47. The van der Waals surface area contributed by atoms with Crippen LogP contribution in [-0.2, 0) is 10.0 Å². The summed E-state index contributed by atoms with van der Waals surface area (Å²) in [5.41, 5.74) is 1.56. The first-order valence-corrected chi connectivity index (χ1v) is 8.15. The molecule has 1 aromatic heterocycles. The van der Waals surface area contributed by atoms with E-state index in [0.717, 1.165) is 12.1 Å². The van der Waals surface area contributed by atoms with E-state index in [1.807, 2.05) is 32.0 Å². The summed E-state index contributed by atoms with van der Waals surface area (Å²) in [7, 11) is -2.05. The second-order valence-electron chi connectivity index (χ2n) is 4.67. The molecule has 21 heavy (non-hydrogen) atoms. The fourth-order valence-corrected chi connectivity index (χ4v) is 3.23. The standard InChI is InChI=1S/C15H19N3O2S/c1-4-16-15-10-9-13(11-17-15)21(19,20)18(3)14-8-6-5-7-12(14)2/h5-11H,4H2,1-3H3,(H,16,17). The van der Waals surface area contributed by atoms with Crippen LogP contribution in [0.1, 0.15) is 12.5 Å². The van der Waals surface area contributed by atoms with Crippen LogP contribution in [0.4, 0.5) is 11.5 Å². The van der Waals surface area contributed by atoms with Crippen LogP contribution in [0.3, 0.4) is 0 Å². The summed E-state index contributed by atoms with van der Waals surface area (Å²) in [6, 6.07) is 10.6. The van der Waals surface area contributed by atoms with E-state index in [9.17, 15) is 8.42 Å². The number of sulfonamides is 1. The van der Waals surface area contributed by atoms with Gasteiger partial charge >= 0.3 is 0 Å². The number of nitrogens with zero attached hydrogens (tertiary/aromatic N) is 2. The zero-order valence-electron chi connectivity index (χ0n) is 12.4. The maximum atomic E-state index is 12.6. The smallest absolute Gasteiger partial charge is 0.265 e. The zero-order chi connectivity index (χ0) is 15.5. The van der Waals surface area contributed by atoms with Crippen molar-refractivity contribution in [2.24, 2.45) is 0 Å². The van der Waals surface area contributed by atoms with Gasteiger partial charge < -0.3 is 5.32 Å². The van der Waals surface area contributed by atoms with Crippen molar-refractivity contribution >= 4 is 21.5 Å². The molecule has 1 aromatic carbocycles. The van der Waals surface area contributed by atoms with Gasteiger partial charge in [-0.2, -0.15) is 0 Å². The molecule has 6 heteroatoms. The Bertz CT molecular complexity index is 712. The lowest BCUT2D eigenvalue weighted by atomic mass is 10.2. The van der Waals surface area contributed by atoms with Crippen molar-refractivity contribution in [3.05, 3.63) is 48.2 Å². The third kappa shape index (κ3) is 3.16. The highest BCUT2D eigenvalue weighted by Crippen LogP contribution is 2.24. The van der Waals surface area contributed by atoms with Crippen LogP contribution in [0.5, 0.6) is 0 Å². The molecule has 0 bridgehead atoms. The first kappa shape index (κ1) is 15.3. The fraction of sp³-hybridized carbons (Fsp3) is 0.267. The van der Waals surface area contributed by atoms with Crippen LogP contribution in [0, 0.1) is 6.92 Å². The van der Waals surface area contributed by atoms with Crippen molar-refractivity contribution < 1.29 is 8.42 Å². The lowest BCUT2D eigenvalue weighted by Crippen LogP contribution is -2.27. The van der Waals surface area contributed by atoms with Crippen LogP contribution in [0.25, 0.3) is 0 Å². The van der Waals surface area contributed by atoms with Gasteiger partial charge in [-0.3, -0.25) is 4.31 Å². The summed E-state index contributed by atoms with van der Waals surface area (Å²) in [4.78, 5) is 4.29. The summed E-state index contributed by atoms with van der Waals surface area (Å²) in [5, 5.41) is 3.04. The van der Waals surface area contributed by atoms with E-state index in [0.29, 0.717) is 11.5 Å². The molecule has 0 aliphatic carbocycles. The highest BCUT2D eigenvalue weighted by molar-refractivity contribution is 7.92. The molecule has 2 aromatic rings. The van der Waals surface area contributed by atoms with Crippen molar-refractivity contribution in [3.63, 3.8) is 0 Å². The number of aromatic nitrogens is 1. The second kappa shape index (κ2) is 6.13. The summed E-state index contributed by atoms with van der Waals surface area (Å²) < 4.78 is 26.5. The Balaban J connectivity index is 2.35. The monoisotopic (exact) mass is 305 g/mol. The lowest BCUT2D eigenvalue weighted by molar-refractivity contribution is 0.594. The summed E-state index contributed by atoms with van der Waals surface area (Å²) in [6.45, 7) is 4.58. The second-order valence-corrected chi connectivity index (χ2v) is 6.64. The molecule has 5 nitrogen and oxygen atoms in total. The molecule has 0 saturated heterocycles. The van der Waals surface area contributed by atoms with Crippen molar-refractivity contribution in [2.75, 3.05) is 23.2 Å². The van der Waals surface area contributed by atoms with Crippen molar-refractivity contribution in [1.82, 2.24) is 4.98 Å². The highest BCUT2D eigenvalue weighted by atomic mass is 32.2. The van der Waals surface area contributed by atoms with E-state index in [2.05, 4.69) is 10.3 Å². The third-order valence-electron chi connectivity index (χ3n) is 3.21. The average molecular weight is 305 g/mol. The van der Waals surface area contributed by atoms with E-state index < -0.39 is 10.0 Å². The van der Waals surface area contributed by atoms with Gasteiger partial charge in [-0.15, -0.1) is 0 Å². The lowest BCUT2D eigenvalue weighted by Gasteiger charge is -2.21. The molecule has 1 heterocycles. The Hall–Kier alpha value is -2.08. The summed E-state index contributed by atoms with van der Waals surface area (Å²) >= 11 is 0. The van der Waals surface area contributed by atoms with Gasteiger partial charge in [-0.05, 0) is 37.6 Å². The number of pyridine rings is 1. The van der Waals surface area contributed by atoms with Gasteiger partial charge in [-0.1, -0.05) is 18.2 Å². The normalized spacial score (nSPS) is 11.2. The van der Waals surface area contributed by atoms with Gasteiger partial charge in [0.15, 0.2) is 0 Å². The maximum absolute atomic E-state index is 12.6. The first-order chi connectivity index (χ1) is 9.96. The van der Waals surface area contributed by atoms with Crippen LogP contribution in [0.15, 0.2) is 47.5 Å².